The summed E-state index contributed by atoms with van der Waals surface area (Å²) in [4.78, 5) is 9.52. The summed E-state index contributed by atoms with van der Waals surface area (Å²) in [6.45, 7) is 1.48. The van der Waals surface area contributed by atoms with Crippen molar-refractivity contribution in [3.05, 3.63) is 38.9 Å². The second-order valence-electron chi connectivity index (χ2n) is 3.14. The first-order valence-electron chi connectivity index (χ1n) is 4.19. The van der Waals surface area contributed by atoms with Gasteiger partial charge in [0.2, 0.25) is 0 Å². The fourth-order valence-electron chi connectivity index (χ4n) is 1.38. The summed E-state index contributed by atoms with van der Waals surface area (Å²) < 4.78 is 38.1. The van der Waals surface area contributed by atoms with Crippen LogP contribution < -0.4 is 0 Å². The van der Waals surface area contributed by atoms with Gasteiger partial charge in [-0.15, -0.1) is 0 Å². The molecule has 1 rings (SSSR count). The van der Waals surface area contributed by atoms with Gasteiger partial charge in [0.05, 0.1) is 4.92 Å². The molecule has 0 radical (unpaired) electrons. The fourth-order valence-corrected chi connectivity index (χ4v) is 2.10. The van der Waals surface area contributed by atoms with E-state index in [1.54, 1.807) is 0 Å². The molecule has 0 bridgehead atoms. The number of alkyl halides is 4. The first-order valence-corrected chi connectivity index (χ1v) is 5.31. The molecule has 16 heavy (non-hydrogen) atoms. The second kappa shape index (κ2) is 4.40. The molecule has 3 nitrogen and oxygen atoms in total. The van der Waals surface area contributed by atoms with Crippen LogP contribution in [0.1, 0.15) is 16.7 Å². The van der Waals surface area contributed by atoms with E-state index >= 15 is 0 Å². The van der Waals surface area contributed by atoms with Gasteiger partial charge in [0.1, 0.15) is 5.56 Å². The molecule has 0 saturated heterocycles. The van der Waals surface area contributed by atoms with E-state index in [4.69, 9.17) is 0 Å². The third-order valence-corrected chi connectivity index (χ3v) is 2.70. The van der Waals surface area contributed by atoms with Crippen LogP contribution in [0.3, 0.4) is 0 Å². The summed E-state index contributed by atoms with van der Waals surface area (Å²) >= 11 is 2.91. The van der Waals surface area contributed by atoms with E-state index in [2.05, 4.69) is 15.9 Å². The Morgan fingerprint density at radius 1 is 1.44 bits per heavy atom. The molecule has 0 saturated carbocycles. The van der Waals surface area contributed by atoms with Crippen molar-refractivity contribution in [2.45, 2.75) is 18.4 Å². The smallest absolute Gasteiger partial charge is 0.258 e. The average Bonchev–Trinajstić information content (AvgIpc) is 2.15. The number of rotatable bonds is 2. The van der Waals surface area contributed by atoms with Crippen LogP contribution in [-0.4, -0.2) is 4.92 Å². The van der Waals surface area contributed by atoms with Crippen molar-refractivity contribution in [3.63, 3.8) is 0 Å². The van der Waals surface area contributed by atoms with Crippen molar-refractivity contribution in [2.24, 2.45) is 0 Å². The minimum Gasteiger partial charge on any atom is -0.258 e. The standard InChI is InChI=1S/C9H7BrF3NO2/c1-5-2-3-7(14(15)16)8(6(5)4-10)9(11,12)13/h2-3H,4H2,1H3. The van der Waals surface area contributed by atoms with Crippen LogP contribution in [0.4, 0.5) is 18.9 Å². The number of hydrogen-bond acceptors (Lipinski definition) is 2. The van der Waals surface area contributed by atoms with E-state index in [1.807, 2.05) is 0 Å². The summed E-state index contributed by atoms with van der Waals surface area (Å²) in [7, 11) is 0. The predicted molar refractivity (Wildman–Crippen MR) is 55.5 cm³/mol. The van der Waals surface area contributed by atoms with Crippen LogP contribution in [0.2, 0.25) is 0 Å². The third kappa shape index (κ3) is 2.34. The van der Waals surface area contributed by atoms with Crippen LogP contribution in [-0.2, 0) is 11.5 Å². The topological polar surface area (TPSA) is 43.1 Å². The summed E-state index contributed by atoms with van der Waals surface area (Å²) in [6, 6.07) is 2.19. The van der Waals surface area contributed by atoms with E-state index in [1.165, 1.54) is 13.0 Å². The Hall–Kier alpha value is -1.11. The molecule has 0 amide bonds. The highest BCUT2D eigenvalue weighted by Crippen LogP contribution is 2.40. The molecule has 88 valence electrons. The largest absolute Gasteiger partial charge is 0.423 e. The lowest BCUT2D eigenvalue weighted by Gasteiger charge is -2.13. The average molecular weight is 298 g/mol. The van der Waals surface area contributed by atoms with Crippen LogP contribution in [0.25, 0.3) is 0 Å². The first-order chi connectivity index (χ1) is 7.29. The number of nitrogens with zero attached hydrogens (tertiary/aromatic N) is 1. The Morgan fingerprint density at radius 2 is 2.00 bits per heavy atom. The molecule has 0 fully saturated rings. The van der Waals surface area contributed by atoms with Gasteiger partial charge in [-0.3, -0.25) is 10.1 Å². The van der Waals surface area contributed by atoms with Crippen molar-refractivity contribution < 1.29 is 18.1 Å². The minimum atomic E-state index is -4.72. The predicted octanol–water partition coefficient (Wildman–Crippen LogP) is 3.82. The molecule has 0 aliphatic carbocycles. The normalized spacial score (nSPS) is 11.6. The van der Waals surface area contributed by atoms with E-state index in [0.717, 1.165) is 6.07 Å². The minimum absolute atomic E-state index is 0.0741. The third-order valence-electron chi connectivity index (χ3n) is 2.14. The van der Waals surface area contributed by atoms with Gasteiger partial charge in [-0.2, -0.15) is 13.2 Å². The Morgan fingerprint density at radius 3 is 2.38 bits per heavy atom. The lowest BCUT2D eigenvalue weighted by Crippen LogP contribution is -2.13. The molecule has 0 N–H and O–H groups in total. The lowest BCUT2D eigenvalue weighted by atomic mass is 10.0. The van der Waals surface area contributed by atoms with Gasteiger partial charge >= 0.3 is 6.18 Å². The number of halogens is 4. The van der Waals surface area contributed by atoms with Crippen molar-refractivity contribution in [1.82, 2.24) is 0 Å². The molecule has 1 aromatic rings. The maximum atomic E-state index is 12.7. The maximum absolute atomic E-state index is 12.7. The number of nitro benzene ring substituents is 1. The van der Waals surface area contributed by atoms with Gasteiger partial charge in [-0.05, 0) is 18.1 Å². The highest BCUT2D eigenvalue weighted by Gasteiger charge is 2.41. The molecular weight excluding hydrogens is 291 g/mol. The SMILES string of the molecule is Cc1ccc([N+](=O)[O-])c(C(F)(F)F)c1CBr. The Bertz CT molecular complexity index is 431. The Balaban J connectivity index is 3.61. The summed E-state index contributed by atoms with van der Waals surface area (Å²) in [5, 5.41) is 10.5. The fraction of sp³-hybridized carbons (Fsp3) is 0.333. The molecule has 0 aliphatic heterocycles. The van der Waals surface area contributed by atoms with Crippen molar-refractivity contribution >= 4 is 21.6 Å². The van der Waals surface area contributed by atoms with E-state index in [-0.39, 0.29) is 10.9 Å². The zero-order valence-corrected chi connectivity index (χ0v) is 9.72. The Kier molecular flexibility index (Phi) is 3.57. The van der Waals surface area contributed by atoms with E-state index < -0.39 is 22.4 Å². The molecule has 0 aliphatic rings. The maximum Gasteiger partial charge on any atom is 0.423 e. The van der Waals surface area contributed by atoms with Gasteiger partial charge < -0.3 is 0 Å². The summed E-state index contributed by atoms with van der Waals surface area (Å²) in [5.74, 6) is 0. The van der Waals surface area contributed by atoms with Crippen molar-refractivity contribution in [1.29, 1.82) is 0 Å². The second-order valence-corrected chi connectivity index (χ2v) is 3.70. The number of benzene rings is 1. The Labute approximate surface area is 97.5 Å². The summed E-state index contributed by atoms with van der Waals surface area (Å²) in [5.41, 5.74) is -1.81. The zero-order valence-electron chi connectivity index (χ0n) is 8.14. The number of hydrogen-bond donors (Lipinski definition) is 0. The highest BCUT2D eigenvalue weighted by atomic mass is 79.9. The van der Waals surface area contributed by atoms with Crippen molar-refractivity contribution in [3.8, 4) is 0 Å². The van der Waals surface area contributed by atoms with Gasteiger partial charge in [0, 0.05) is 11.4 Å². The molecule has 0 unspecified atom stereocenters. The summed E-state index contributed by atoms with van der Waals surface area (Å²) in [6.07, 6.45) is -4.72. The molecule has 1 aromatic carbocycles. The van der Waals surface area contributed by atoms with E-state index in [9.17, 15) is 23.3 Å². The van der Waals surface area contributed by atoms with Gasteiger partial charge in [-0.1, -0.05) is 22.0 Å². The van der Waals surface area contributed by atoms with Gasteiger partial charge in [-0.25, -0.2) is 0 Å². The molecule has 0 aromatic heterocycles. The van der Waals surface area contributed by atoms with Crippen LogP contribution in [0.5, 0.6) is 0 Å². The zero-order chi connectivity index (χ0) is 12.5. The van der Waals surface area contributed by atoms with Gasteiger partial charge in [0.25, 0.3) is 5.69 Å². The van der Waals surface area contributed by atoms with Gasteiger partial charge in [0.15, 0.2) is 0 Å². The quantitative estimate of drug-likeness (QED) is 0.473. The molecule has 0 spiro atoms. The molecule has 7 heteroatoms. The first kappa shape index (κ1) is 13.0. The molecule has 0 atom stereocenters. The molecule has 0 heterocycles. The van der Waals surface area contributed by atoms with Crippen LogP contribution >= 0.6 is 15.9 Å². The number of aryl methyl sites for hydroxylation is 1. The molecular formula is C9H7BrF3NO2. The monoisotopic (exact) mass is 297 g/mol. The van der Waals surface area contributed by atoms with E-state index in [0.29, 0.717) is 5.56 Å². The lowest BCUT2D eigenvalue weighted by molar-refractivity contribution is -0.388. The van der Waals surface area contributed by atoms with Crippen molar-refractivity contribution in [2.75, 3.05) is 0 Å². The van der Waals surface area contributed by atoms with Crippen LogP contribution in [0.15, 0.2) is 12.1 Å². The number of nitro groups is 1. The van der Waals surface area contributed by atoms with Crippen LogP contribution in [0, 0.1) is 17.0 Å². The highest BCUT2D eigenvalue weighted by molar-refractivity contribution is 9.08.